The van der Waals surface area contributed by atoms with Crippen molar-refractivity contribution in [3.8, 4) is 0 Å². The van der Waals surface area contributed by atoms with Gasteiger partial charge in [-0.15, -0.1) is 0 Å². The Kier molecular flexibility index (Phi) is 1.48. The molecule has 0 fully saturated rings. The normalized spacial score (nSPS) is 27.2. The second-order valence-corrected chi connectivity index (χ2v) is 1.84. The molecule has 0 aliphatic carbocycles. The lowest BCUT2D eigenvalue weighted by atomic mass is 10.4. The smallest absolute Gasteiger partial charge is 0.180 e. The van der Waals surface area contributed by atoms with Gasteiger partial charge in [0.2, 0.25) is 0 Å². The molecule has 46 valence electrons. The van der Waals surface area contributed by atoms with E-state index in [2.05, 4.69) is 4.99 Å². The zero-order valence-corrected chi connectivity index (χ0v) is 4.92. The van der Waals surface area contributed by atoms with Crippen LogP contribution in [0.15, 0.2) is 4.99 Å². The monoisotopic (exact) mass is 114 g/mol. The van der Waals surface area contributed by atoms with Crippen LogP contribution in [0.4, 0.5) is 0 Å². The van der Waals surface area contributed by atoms with Crippen LogP contribution < -0.4 is 5.73 Å². The minimum absolute atomic E-state index is 0.148. The fraction of sp³-hybridized carbons (Fsp3) is 0.800. The molecule has 0 saturated heterocycles. The van der Waals surface area contributed by atoms with E-state index in [0.29, 0.717) is 6.54 Å². The van der Waals surface area contributed by atoms with Gasteiger partial charge in [0.15, 0.2) is 5.90 Å². The Morgan fingerprint density at radius 2 is 2.75 bits per heavy atom. The van der Waals surface area contributed by atoms with Gasteiger partial charge in [0.25, 0.3) is 0 Å². The highest BCUT2D eigenvalue weighted by atomic mass is 16.5. The van der Waals surface area contributed by atoms with Crippen molar-refractivity contribution >= 4 is 5.90 Å². The van der Waals surface area contributed by atoms with Gasteiger partial charge in [-0.1, -0.05) is 0 Å². The predicted octanol–water partition coefficient (Wildman–Crippen LogP) is -0.238. The Morgan fingerprint density at radius 1 is 2.00 bits per heavy atom. The first-order chi connectivity index (χ1) is 3.83. The van der Waals surface area contributed by atoms with Crippen LogP contribution in [0.5, 0.6) is 0 Å². The summed E-state index contributed by atoms with van der Waals surface area (Å²) >= 11 is 0. The third kappa shape index (κ3) is 0.980. The molecule has 8 heavy (non-hydrogen) atoms. The molecular weight excluding hydrogens is 104 g/mol. The average molecular weight is 114 g/mol. The van der Waals surface area contributed by atoms with Crippen LogP contribution >= 0.6 is 0 Å². The molecule has 0 radical (unpaired) electrons. The van der Waals surface area contributed by atoms with Crippen LogP contribution in [-0.2, 0) is 4.74 Å². The second-order valence-electron chi connectivity index (χ2n) is 1.84. The molecule has 0 amide bonds. The van der Waals surface area contributed by atoms with Gasteiger partial charge < -0.3 is 10.5 Å². The molecule has 1 aliphatic heterocycles. The first-order valence-corrected chi connectivity index (χ1v) is 2.70. The van der Waals surface area contributed by atoms with Gasteiger partial charge in [0.1, 0.15) is 6.10 Å². The van der Waals surface area contributed by atoms with Gasteiger partial charge in [-0.3, -0.25) is 4.99 Å². The first kappa shape index (κ1) is 5.56. The summed E-state index contributed by atoms with van der Waals surface area (Å²) < 4.78 is 5.14. The molecule has 0 aromatic rings. The summed E-state index contributed by atoms with van der Waals surface area (Å²) in [6, 6.07) is 0. The molecule has 0 saturated carbocycles. The van der Waals surface area contributed by atoms with Gasteiger partial charge in [-0.05, 0) is 0 Å². The third-order valence-corrected chi connectivity index (χ3v) is 1.12. The maximum Gasteiger partial charge on any atom is 0.180 e. The van der Waals surface area contributed by atoms with Crippen molar-refractivity contribution in [3.63, 3.8) is 0 Å². The Balaban J connectivity index is 2.32. The average Bonchev–Trinajstić information content (AvgIpc) is 2.14. The van der Waals surface area contributed by atoms with E-state index in [-0.39, 0.29) is 6.10 Å². The van der Waals surface area contributed by atoms with Crippen molar-refractivity contribution in [2.75, 3.05) is 13.1 Å². The summed E-state index contributed by atoms with van der Waals surface area (Å²) in [6.07, 6.45) is 0.148. The van der Waals surface area contributed by atoms with Gasteiger partial charge in [0.05, 0.1) is 6.54 Å². The maximum atomic E-state index is 5.30. The zero-order valence-electron chi connectivity index (χ0n) is 4.92. The Labute approximate surface area is 48.5 Å². The lowest BCUT2D eigenvalue weighted by Gasteiger charge is -2.04. The van der Waals surface area contributed by atoms with Crippen LogP contribution in [0.1, 0.15) is 6.92 Å². The van der Waals surface area contributed by atoms with E-state index >= 15 is 0 Å². The van der Waals surface area contributed by atoms with Gasteiger partial charge in [-0.25, -0.2) is 0 Å². The molecule has 1 heterocycles. The number of hydrogen-bond acceptors (Lipinski definition) is 3. The molecule has 0 bridgehead atoms. The number of nitrogens with two attached hydrogens (primary N) is 1. The minimum atomic E-state index is 0.148. The topological polar surface area (TPSA) is 47.6 Å². The van der Waals surface area contributed by atoms with Crippen LogP contribution in [0, 0.1) is 0 Å². The summed E-state index contributed by atoms with van der Waals surface area (Å²) in [6.45, 7) is 3.15. The van der Waals surface area contributed by atoms with Crippen molar-refractivity contribution in [1.82, 2.24) is 0 Å². The lowest BCUT2D eigenvalue weighted by Crippen LogP contribution is -2.23. The van der Waals surface area contributed by atoms with E-state index in [1.165, 1.54) is 0 Å². The summed E-state index contributed by atoms with van der Waals surface area (Å²) in [7, 11) is 0. The summed E-state index contributed by atoms with van der Waals surface area (Å²) in [5.74, 6) is 0.764. The Hall–Kier alpha value is -0.570. The molecule has 3 heteroatoms. The van der Waals surface area contributed by atoms with Gasteiger partial charge in [-0.2, -0.15) is 0 Å². The molecular formula is C5H10N2O. The molecule has 0 aromatic heterocycles. The molecule has 0 aromatic carbocycles. The fourth-order valence-corrected chi connectivity index (χ4v) is 0.669. The van der Waals surface area contributed by atoms with E-state index in [1.54, 1.807) is 0 Å². The van der Waals surface area contributed by atoms with Crippen LogP contribution in [0.3, 0.4) is 0 Å². The highest BCUT2D eigenvalue weighted by Crippen LogP contribution is 2.00. The number of hydrogen-bond donors (Lipinski definition) is 1. The van der Waals surface area contributed by atoms with Crippen molar-refractivity contribution < 1.29 is 4.74 Å². The third-order valence-electron chi connectivity index (χ3n) is 1.12. The van der Waals surface area contributed by atoms with E-state index < -0.39 is 0 Å². The number of ether oxygens (including phenoxy) is 1. The van der Waals surface area contributed by atoms with Crippen LogP contribution in [0.25, 0.3) is 0 Å². The minimum Gasteiger partial charge on any atom is -0.475 e. The molecule has 2 N–H and O–H groups in total. The van der Waals surface area contributed by atoms with Crippen molar-refractivity contribution in [3.05, 3.63) is 0 Å². The van der Waals surface area contributed by atoms with E-state index in [1.807, 2.05) is 6.92 Å². The van der Waals surface area contributed by atoms with Gasteiger partial charge in [0, 0.05) is 13.5 Å². The summed E-state index contributed by atoms with van der Waals surface area (Å²) in [5, 5.41) is 0. The van der Waals surface area contributed by atoms with Crippen molar-refractivity contribution in [1.29, 1.82) is 0 Å². The lowest BCUT2D eigenvalue weighted by molar-refractivity contribution is 0.231. The van der Waals surface area contributed by atoms with Crippen LogP contribution in [-0.4, -0.2) is 25.1 Å². The Bertz CT molecular complexity index is 111. The molecule has 1 unspecified atom stereocenters. The van der Waals surface area contributed by atoms with Crippen LogP contribution in [0.2, 0.25) is 0 Å². The zero-order chi connectivity index (χ0) is 5.98. The summed E-state index contributed by atoms with van der Waals surface area (Å²) in [4.78, 5) is 4.00. The molecule has 1 aliphatic rings. The molecule has 0 spiro atoms. The van der Waals surface area contributed by atoms with E-state index in [0.717, 1.165) is 12.4 Å². The number of rotatable bonds is 1. The quantitative estimate of drug-likeness (QED) is 0.511. The highest BCUT2D eigenvalue weighted by Gasteiger charge is 2.13. The standard InChI is InChI=1S/C5H10N2O/c1-4-7-3-5(2-6)8-4/h5H,2-3,6H2,1H3. The van der Waals surface area contributed by atoms with Crippen molar-refractivity contribution in [2.24, 2.45) is 10.7 Å². The highest BCUT2D eigenvalue weighted by molar-refractivity contribution is 5.74. The maximum absolute atomic E-state index is 5.30. The Morgan fingerprint density at radius 3 is 3.00 bits per heavy atom. The van der Waals surface area contributed by atoms with E-state index in [4.69, 9.17) is 10.5 Å². The second kappa shape index (κ2) is 2.13. The van der Waals surface area contributed by atoms with Gasteiger partial charge >= 0.3 is 0 Å². The molecule has 1 rings (SSSR count). The number of nitrogens with zero attached hydrogens (tertiary/aromatic N) is 1. The molecule has 1 atom stereocenters. The van der Waals surface area contributed by atoms with Crippen molar-refractivity contribution in [2.45, 2.75) is 13.0 Å². The molecule has 3 nitrogen and oxygen atoms in total. The van der Waals surface area contributed by atoms with E-state index in [9.17, 15) is 0 Å². The largest absolute Gasteiger partial charge is 0.475 e. The predicted molar refractivity (Wildman–Crippen MR) is 31.9 cm³/mol. The SMILES string of the molecule is CC1=NCC(CN)O1. The summed E-state index contributed by atoms with van der Waals surface area (Å²) in [5.41, 5.74) is 5.30. The fourth-order valence-electron chi connectivity index (χ4n) is 0.669. The first-order valence-electron chi connectivity index (χ1n) is 2.70. The number of aliphatic imine (C=N–C) groups is 1.